The molecule has 2 rings (SSSR count). The van der Waals surface area contributed by atoms with Crippen LogP contribution in [0.25, 0.3) is 0 Å². The van der Waals surface area contributed by atoms with Crippen molar-refractivity contribution in [1.82, 2.24) is 9.80 Å². The third-order valence-electron chi connectivity index (χ3n) is 3.86. The minimum Gasteiger partial charge on any atom is -0.473 e. The normalized spacial score (nSPS) is 13.8. The summed E-state index contributed by atoms with van der Waals surface area (Å²) in [7, 11) is 0. The molecule has 1 aromatic rings. The number of likely N-dealkylation sites (N-methyl/N-ethyl adjacent to an activating group) is 1. The fraction of sp³-hybridized carbons (Fsp3) is 0.400. The zero-order valence-corrected chi connectivity index (χ0v) is 14.8. The fourth-order valence-electron chi connectivity index (χ4n) is 2.38. The van der Waals surface area contributed by atoms with Gasteiger partial charge in [-0.2, -0.15) is 0 Å². The van der Waals surface area contributed by atoms with Crippen LogP contribution in [0.15, 0.2) is 18.2 Å². The third-order valence-corrected chi connectivity index (χ3v) is 3.86. The quantitative estimate of drug-likeness (QED) is 0.409. The second-order valence-corrected chi connectivity index (χ2v) is 5.59. The van der Waals surface area contributed by atoms with Gasteiger partial charge < -0.3 is 20.0 Å². The summed E-state index contributed by atoms with van der Waals surface area (Å²) in [6.07, 6.45) is 0. The van der Waals surface area contributed by atoms with Crippen molar-refractivity contribution in [3.63, 3.8) is 0 Å². The first kappa shape index (κ1) is 22.4. The molecule has 0 unspecified atom stereocenters. The molecule has 0 aliphatic carbocycles. The molecule has 13 heteroatoms. The number of benzene rings is 1. The van der Waals surface area contributed by atoms with Crippen molar-refractivity contribution < 1.29 is 34.4 Å². The molecule has 1 aliphatic rings. The summed E-state index contributed by atoms with van der Waals surface area (Å²) in [5.41, 5.74) is -0.930. The average Bonchev–Trinajstić information content (AvgIpc) is 2.67. The van der Waals surface area contributed by atoms with Crippen molar-refractivity contribution in [3.8, 4) is 0 Å². The lowest BCUT2D eigenvalue weighted by Gasteiger charge is -2.34. The smallest absolute Gasteiger partial charge is 0.414 e. The zero-order chi connectivity index (χ0) is 21.4. The Hall–Kier alpha value is -3.61. The van der Waals surface area contributed by atoms with E-state index in [4.69, 9.17) is 19.8 Å². The van der Waals surface area contributed by atoms with Crippen molar-refractivity contribution in [1.29, 1.82) is 0 Å². The molecule has 2 N–H and O–H groups in total. The predicted octanol–water partition coefficient (Wildman–Crippen LogP) is 0.436. The van der Waals surface area contributed by atoms with Crippen molar-refractivity contribution >= 4 is 29.2 Å². The summed E-state index contributed by atoms with van der Waals surface area (Å²) in [4.78, 5) is 54.6. The lowest BCUT2D eigenvalue weighted by atomic mass is 10.1. The van der Waals surface area contributed by atoms with Crippen LogP contribution >= 0.6 is 0 Å². The van der Waals surface area contributed by atoms with Gasteiger partial charge in [0.25, 0.3) is 17.3 Å². The Morgan fingerprint density at radius 3 is 1.68 bits per heavy atom. The van der Waals surface area contributed by atoms with Gasteiger partial charge in [-0.05, 0) is 6.54 Å². The molecule has 13 nitrogen and oxygen atoms in total. The summed E-state index contributed by atoms with van der Waals surface area (Å²) in [6.45, 7) is 5.37. The van der Waals surface area contributed by atoms with Crippen molar-refractivity contribution in [2.75, 3.05) is 32.7 Å². The number of carbonyl (C=O) groups is 3. The molecule has 28 heavy (non-hydrogen) atoms. The Balaban J connectivity index is 0.000000568. The number of aliphatic carboxylic acids is 2. The Bertz CT molecular complexity index is 743. The van der Waals surface area contributed by atoms with Crippen LogP contribution in [0.2, 0.25) is 0 Å². The molecule has 1 saturated heterocycles. The molecule has 1 amide bonds. The number of rotatable bonds is 4. The van der Waals surface area contributed by atoms with Gasteiger partial charge in [-0.3, -0.25) is 25.0 Å². The Labute approximate surface area is 158 Å². The molecule has 1 fully saturated rings. The van der Waals surface area contributed by atoms with Crippen molar-refractivity contribution in [2.45, 2.75) is 6.92 Å². The molecule has 0 spiro atoms. The average molecular weight is 398 g/mol. The number of piperazine rings is 1. The molecule has 0 saturated carbocycles. The summed E-state index contributed by atoms with van der Waals surface area (Å²) < 4.78 is 0. The van der Waals surface area contributed by atoms with Gasteiger partial charge in [0.2, 0.25) is 0 Å². The van der Waals surface area contributed by atoms with Crippen LogP contribution in [0.3, 0.4) is 0 Å². The maximum atomic E-state index is 12.4. The first-order chi connectivity index (χ1) is 13.1. The van der Waals surface area contributed by atoms with Gasteiger partial charge in [-0.25, -0.2) is 9.59 Å². The van der Waals surface area contributed by atoms with E-state index < -0.39 is 39.1 Å². The van der Waals surface area contributed by atoms with Crippen LogP contribution in [-0.2, 0) is 9.59 Å². The molecule has 0 bridgehead atoms. The highest BCUT2D eigenvalue weighted by Gasteiger charge is 2.25. The second-order valence-electron chi connectivity index (χ2n) is 5.59. The summed E-state index contributed by atoms with van der Waals surface area (Å²) in [5.74, 6) is -4.06. The first-order valence-electron chi connectivity index (χ1n) is 7.98. The van der Waals surface area contributed by atoms with Crippen LogP contribution in [0.4, 0.5) is 11.4 Å². The largest absolute Gasteiger partial charge is 0.473 e. The SMILES string of the molecule is CCN1CCN(C(=O)c2cc([N+](=O)[O-])cc([N+](=O)[O-])c2)CC1.O=C(O)C(=O)O. The number of nitro groups is 2. The van der Waals surface area contributed by atoms with E-state index in [1.807, 2.05) is 6.92 Å². The second kappa shape index (κ2) is 9.91. The van der Waals surface area contributed by atoms with E-state index in [1.54, 1.807) is 4.90 Å². The Morgan fingerprint density at radius 2 is 1.36 bits per heavy atom. The van der Waals surface area contributed by atoms with Gasteiger partial charge in [-0.15, -0.1) is 0 Å². The minimum absolute atomic E-state index is 0.0224. The van der Waals surface area contributed by atoms with E-state index in [1.165, 1.54) is 0 Å². The zero-order valence-electron chi connectivity index (χ0n) is 14.8. The molecule has 1 aromatic carbocycles. The molecular weight excluding hydrogens is 380 g/mol. The molecular formula is C15H18N4O9. The molecule has 0 atom stereocenters. The van der Waals surface area contributed by atoms with Gasteiger partial charge in [-0.1, -0.05) is 6.92 Å². The van der Waals surface area contributed by atoms with E-state index in [0.717, 1.165) is 37.8 Å². The maximum Gasteiger partial charge on any atom is 0.414 e. The van der Waals surface area contributed by atoms with E-state index in [0.29, 0.717) is 13.1 Å². The number of carboxylic acids is 2. The van der Waals surface area contributed by atoms with Gasteiger partial charge in [0.1, 0.15) is 0 Å². The number of carboxylic acid groups (broad SMARTS) is 2. The maximum absolute atomic E-state index is 12.4. The van der Waals surface area contributed by atoms with Gasteiger partial charge in [0.05, 0.1) is 21.5 Å². The minimum atomic E-state index is -1.82. The van der Waals surface area contributed by atoms with Gasteiger partial charge in [0, 0.05) is 38.3 Å². The topological polar surface area (TPSA) is 184 Å². The lowest BCUT2D eigenvalue weighted by molar-refractivity contribution is -0.394. The van der Waals surface area contributed by atoms with Crippen LogP contribution in [0, 0.1) is 20.2 Å². The van der Waals surface area contributed by atoms with E-state index in [9.17, 15) is 25.0 Å². The number of hydrogen-bond acceptors (Lipinski definition) is 8. The van der Waals surface area contributed by atoms with Gasteiger partial charge in [0.15, 0.2) is 0 Å². The van der Waals surface area contributed by atoms with Crippen LogP contribution < -0.4 is 0 Å². The standard InChI is InChI=1S/C13H16N4O5.C2H2O4/c1-2-14-3-5-15(6-4-14)13(18)10-7-11(16(19)20)9-12(8-10)17(21)22;3-1(4)2(5)6/h7-9H,2-6H2,1H3;(H,3,4)(H,5,6). The number of non-ortho nitro benzene ring substituents is 2. The Kier molecular flexibility index (Phi) is 7.94. The summed E-state index contributed by atoms with van der Waals surface area (Å²) >= 11 is 0. The van der Waals surface area contributed by atoms with Crippen molar-refractivity contribution in [3.05, 3.63) is 44.0 Å². The monoisotopic (exact) mass is 398 g/mol. The van der Waals surface area contributed by atoms with Crippen LogP contribution in [0.1, 0.15) is 17.3 Å². The van der Waals surface area contributed by atoms with Crippen LogP contribution in [-0.4, -0.2) is 80.4 Å². The Morgan fingerprint density at radius 1 is 0.929 bits per heavy atom. The highest BCUT2D eigenvalue weighted by Crippen LogP contribution is 2.24. The van der Waals surface area contributed by atoms with Crippen LogP contribution in [0.5, 0.6) is 0 Å². The summed E-state index contributed by atoms with van der Waals surface area (Å²) in [5, 5.41) is 36.5. The van der Waals surface area contributed by atoms with Crippen molar-refractivity contribution in [2.24, 2.45) is 0 Å². The number of nitrogens with zero attached hydrogens (tertiary/aromatic N) is 4. The highest BCUT2D eigenvalue weighted by atomic mass is 16.6. The molecule has 152 valence electrons. The third kappa shape index (κ3) is 6.28. The first-order valence-corrected chi connectivity index (χ1v) is 7.98. The lowest BCUT2D eigenvalue weighted by Crippen LogP contribution is -2.48. The molecule has 0 radical (unpaired) electrons. The summed E-state index contributed by atoms with van der Waals surface area (Å²) in [6, 6.07) is 3.02. The number of hydrogen-bond donors (Lipinski definition) is 2. The van der Waals surface area contributed by atoms with Gasteiger partial charge >= 0.3 is 11.9 Å². The van der Waals surface area contributed by atoms with E-state index in [2.05, 4.69) is 4.90 Å². The van der Waals surface area contributed by atoms with E-state index >= 15 is 0 Å². The highest BCUT2D eigenvalue weighted by molar-refractivity contribution is 6.27. The number of nitro benzene ring substituents is 2. The molecule has 1 heterocycles. The number of amides is 1. The van der Waals surface area contributed by atoms with E-state index in [-0.39, 0.29) is 5.56 Å². The number of carbonyl (C=O) groups excluding carboxylic acids is 1. The molecule has 0 aromatic heterocycles. The fourth-order valence-corrected chi connectivity index (χ4v) is 2.38. The predicted molar refractivity (Wildman–Crippen MR) is 93.0 cm³/mol. The molecule has 1 aliphatic heterocycles.